The van der Waals surface area contributed by atoms with E-state index in [1.807, 2.05) is 48.8 Å². The van der Waals surface area contributed by atoms with E-state index >= 15 is 0 Å². The molecule has 15 nitrogen and oxygen atoms in total. The molecule has 0 spiro atoms. The molecular formula is C38H57N7O8S. The third-order valence-electron chi connectivity index (χ3n) is 10.2. The Balaban J connectivity index is 1.51. The highest BCUT2D eigenvalue weighted by atomic mass is 32.2. The first-order valence-electron chi connectivity index (χ1n) is 18.9. The van der Waals surface area contributed by atoms with Crippen molar-refractivity contribution in [2.75, 3.05) is 20.6 Å². The number of para-hydroxylation sites is 1. The summed E-state index contributed by atoms with van der Waals surface area (Å²) in [5.74, 6) is -2.22. The smallest absolute Gasteiger partial charge is 0.408 e. The number of hydrogen-bond donors (Lipinski definition) is 3. The summed E-state index contributed by atoms with van der Waals surface area (Å²) >= 11 is 0. The summed E-state index contributed by atoms with van der Waals surface area (Å²) in [6.45, 7) is 13.4. The van der Waals surface area contributed by atoms with E-state index in [1.165, 1.54) is 19.0 Å². The molecule has 0 unspecified atom stereocenters. The van der Waals surface area contributed by atoms with E-state index in [1.54, 1.807) is 20.8 Å². The Hall–Kier alpha value is -4.18. The Morgan fingerprint density at radius 1 is 1.09 bits per heavy atom. The van der Waals surface area contributed by atoms with Gasteiger partial charge in [-0.1, -0.05) is 51.0 Å². The molecular weight excluding hydrogens is 715 g/mol. The van der Waals surface area contributed by atoms with Gasteiger partial charge in [0.15, 0.2) is 0 Å². The van der Waals surface area contributed by atoms with Gasteiger partial charge >= 0.3 is 16.3 Å². The summed E-state index contributed by atoms with van der Waals surface area (Å²) in [4.78, 5) is 62.0. The van der Waals surface area contributed by atoms with Crippen LogP contribution in [-0.2, 0) is 29.3 Å². The first kappa shape index (κ1) is 41.0. The van der Waals surface area contributed by atoms with Crippen molar-refractivity contribution in [3.05, 3.63) is 35.9 Å². The van der Waals surface area contributed by atoms with Crippen LogP contribution < -0.4 is 20.1 Å². The summed E-state index contributed by atoms with van der Waals surface area (Å²) in [7, 11) is -1.56. The summed E-state index contributed by atoms with van der Waals surface area (Å²) in [5.41, 5.74) is 0.434. The molecule has 3 aliphatic rings. The Morgan fingerprint density at radius 3 is 2.46 bits per heavy atom. The maximum Gasteiger partial charge on any atom is 0.408 e. The van der Waals surface area contributed by atoms with Crippen molar-refractivity contribution >= 4 is 45.1 Å². The normalized spacial score (nSPS) is 26.1. The van der Waals surface area contributed by atoms with Crippen molar-refractivity contribution < 1.29 is 37.1 Å². The van der Waals surface area contributed by atoms with Crippen LogP contribution in [0.5, 0.6) is 6.01 Å². The Morgan fingerprint density at radius 2 is 1.81 bits per heavy atom. The summed E-state index contributed by atoms with van der Waals surface area (Å²) < 4.78 is 42.5. The molecule has 2 fully saturated rings. The quantitative estimate of drug-likeness (QED) is 0.330. The number of benzene rings is 1. The van der Waals surface area contributed by atoms with Gasteiger partial charge in [-0.05, 0) is 77.8 Å². The lowest BCUT2D eigenvalue weighted by Crippen LogP contribution is -2.58. The number of imidazole rings is 1. The summed E-state index contributed by atoms with van der Waals surface area (Å²) in [5, 5.41) is 5.62. The van der Waals surface area contributed by atoms with Gasteiger partial charge < -0.3 is 25.0 Å². The van der Waals surface area contributed by atoms with Crippen LogP contribution in [0.3, 0.4) is 0 Å². The van der Waals surface area contributed by atoms with E-state index in [0.29, 0.717) is 25.3 Å². The molecule has 1 aliphatic carbocycles. The molecule has 1 aromatic heterocycles. The highest BCUT2D eigenvalue weighted by molar-refractivity contribution is 7.87. The van der Waals surface area contributed by atoms with Gasteiger partial charge in [-0.15, -0.1) is 0 Å². The van der Waals surface area contributed by atoms with Gasteiger partial charge in [0.1, 0.15) is 29.3 Å². The predicted octanol–water partition coefficient (Wildman–Crippen LogP) is 4.30. The number of aromatic nitrogens is 2. The van der Waals surface area contributed by atoms with Gasteiger partial charge in [0.2, 0.25) is 11.8 Å². The number of fused-ring (bicyclic) bond motifs is 3. The summed E-state index contributed by atoms with van der Waals surface area (Å²) in [6, 6.07) is 4.24. The number of carbonyl (C=O) groups is 4. The lowest BCUT2D eigenvalue weighted by Gasteiger charge is -2.30. The predicted molar refractivity (Wildman–Crippen MR) is 204 cm³/mol. The molecule has 4 amide bonds. The molecule has 3 N–H and O–H groups in total. The number of nitrogens with one attached hydrogen (secondary N) is 3. The molecule has 1 saturated heterocycles. The third-order valence-corrected chi connectivity index (χ3v) is 11.6. The standard InChI is InChI=1S/C38H57N7O8S/c1-23(2)27-17-15-19-29-31(27)40-35(45(29)24(3)4)52-26-20-30-32(46)41-38(34(48)42-54(50,51)43(8)9)21-25(38)16-13-11-10-12-14-18-28(33(47)44(30)22-26)39-36(49)53-37(5,6)7/h13,15-17,19,23-26,28,30H,10-12,14,18,20-22H2,1-9H3,(H,39,49)(H,41,46)(H,42,48)/b16-13-/t25-,26-,28+,30+,38-/m1/s1. The Kier molecular flexibility index (Phi) is 12.1. The molecule has 1 saturated carbocycles. The van der Waals surface area contributed by atoms with Crippen molar-refractivity contribution in [1.29, 1.82) is 0 Å². The van der Waals surface area contributed by atoms with Crippen LogP contribution in [0.1, 0.15) is 111 Å². The molecule has 2 aliphatic heterocycles. The monoisotopic (exact) mass is 771 g/mol. The second-order valence-corrected chi connectivity index (χ2v) is 18.3. The molecule has 0 radical (unpaired) electrons. The minimum Gasteiger partial charge on any atom is -0.459 e. The van der Waals surface area contributed by atoms with E-state index in [9.17, 15) is 27.6 Å². The number of rotatable bonds is 8. The van der Waals surface area contributed by atoms with Crippen LogP contribution in [0.2, 0.25) is 0 Å². The fraction of sp³-hybridized carbons (Fsp3) is 0.658. The zero-order valence-electron chi connectivity index (χ0n) is 33.0. The summed E-state index contributed by atoms with van der Waals surface area (Å²) in [6.07, 6.45) is 5.76. The molecule has 2 aromatic rings. The van der Waals surface area contributed by atoms with Crippen LogP contribution in [0.4, 0.5) is 4.79 Å². The van der Waals surface area contributed by atoms with Crippen LogP contribution >= 0.6 is 0 Å². The van der Waals surface area contributed by atoms with Crippen molar-refractivity contribution in [2.45, 2.75) is 135 Å². The zero-order valence-corrected chi connectivity index (χ0v) is 33.8. The van der Waals surface area contributed by atoms with Gasteiger partial charge in [-0.3, -0.25) is 19.0 Å². The van der Waals surface area contributed by atoms with Gasteiger partial charge in [0, 0.05) is 32.5 Å². The van der Waals surface area contributed by atoms with Gasteiger partial charge in [0.05, 0.1) is 17.6 Å². The van der Waals surface area contributed by atoms with Crippen molar-refractivity contribution in [2.24, 2.45) is 5.92 Å². The number of nitrogens with zero attached hydrogens (tertiary/aromatic N) is 4. The van der Waals surface area contributed by atoms with Crippen LogP contribution in [0.15, 0.2) is 30.4 Å². The minimum atomic E-state index is -4.16. The van der Waals surface area contributed by atoms with Gasteiger partial charge in [0.25, 0.3) is 11.9 Å². The molecule has 3 heterocycles. The molecule has 16 heteroatoms. The fourth-order valence-electron chi connectivity index (χ4n) is 7.23. The zero-order chi connectivity index (χ0) is 39.7. The van der Waals surface area contributed by atoms with Crippen LogP contribution in [0, 0.1) is 5.92 Å². The topological polar surface area (TPSA) is 181 Å². The number of amides is 4. The highest BCUT2D eigenvalue weighted by Crippen LogP contribution is 2.46. The third kappa shape index (κ3) is 9.02. The van der Waals surface area contributed by atoms with E-state index in [0.717, 1.165) is 33.7 Å². The Bertz CT molecular complexity index is 1880. The number of carbonyl (C=O) groups excluding carboxylic acids is 4. The average Bonchev–Trinajstić information content (AvgIpc) is 3.38. The van der Waals surface area contributed by atoms with Crippen molar-refractivity contribution in [3.8, 4) is 6.01 Å². The average molecular weight is 772 g/mol. The lowest BCUT2D eigenvalue weighted by atomic mass is 10.0. The second kappa shape index (κ2) is 15.9. The Labute approximate surface area is 318 Å². The van der Waals surface area contributed by atoms with E-state index in [-0.39, 0.29) is 31.3 Å². The molecule has 5 rings (SSSR count). The SMILES string of the molecule is CC(C)c1cccc2c1nc(O[C@@H]1C[C@H]3C(=O)N[C@]4(C(=O)NS(=O)(=O)N(C)C)C[C@H]4/C=C\CCCCC[C@H](NC(=O)OC(C)(C)C)C(=O)N3C1)n2C(C)C. The highest BCUT2D eigenvalue weighted by Gasteiger charge is 2.61. The molecule has 54 heavy (non-hydrogen) atoms. The van der Waals surface area contributed by atoms with Crippen molar-refractivity contribution in [3.63, 3.8) is 0 Å². The minimum absolute atomic E-state index is 0.000701. The van der Waals surface area contributed by atoms with E-state index < -0.39 is 69.3 Å². The second-order valence-electron chi connectivity index (χ2n) is 16.5. The van der Waals surface area contributed by atoms with Gasteiger partial charge in [-0.2, -0.15) is 17.7 Å². The largest absolute Gasteiger partial charge is 0.459 e. The maximum atomic E-state index is 14.5. The molecule has 1 aromatic carbocycles. The lowest BCUT2D eigenvalue weighted by molar-refractivity contribution is -0.141. The van der Waals surface area contributed by atoms with Gasteiger partial charge in [-0.25, -0.2) is 9.52 Å². The molecule has 298 valence electrons. The van der Waals surface area contributed by atoms with Crippen LogP contribution in [-0.4, -0.2) is 101 Å². The molecule has 5 atom stereocenters. The fourth-order valence-corrected chi connectivity index (χ4v) is 7.83. The van der Waals surface area contributed by atoms with E-state index in [2.05, 4.69) is 29.2 Å². The number of alkyl carbamates (subject to hydrolysis) is 1. The van der Waals surface area contributed by atoms with E-state index in [4.69, 9.17) is 14.5 Å². The van der Waals surface area contributed by atoms with Crippen LogP contribution in [0.25, 0.3) is 11.0 Å². The number of hydrogen-bond acceptors (Lipinski definition) is 9. The first-order valence-corrected chi connectivity index (χ1v) is 20.4. The van der Waals surface area contributed by atoms with Crippen molar-refractivity contribution in [1.82, 2.24) is 34.1 Å². The number of ether oxygens (including phenoxy) is 2. The first-order chi connectivity index (χ1) is 25.2. The number of allylic oxidation sites excluding steroid dienone is 1. The molecule has 0 bridgehead atoms. The maximum absolute atomic E-state index is 14.5.